The van der Waals surface area contributed by atoms with Crippen LogP contribution in [0.1, 0.15) is 30.9 Å². The van der Waals surface area contributed by atoms with E-state index in [1.807, 2.05) is 12.3 Å². The molecule has 1 saturated carbocycles. The number of hydrogen-bond donors (Lipinski definition) is 4. The van der Waals surface area contributed by atoms with Gasteiger partial charge in [0.1, 0.15) is 6.04 Å². The maximum atomic E-state index is 12.3. The number of para-hydroxylation sites is 1. The van der Waals surface area contributed by atoms with Crippen molar-refractivity contribution in [2.45, 2.75) is 45.3 Å². The predicted octanol–water partition coefficient (Wildman–Crippen LogP) is 1.41. The van der Waals surface area contributed by atoms with Crippen LogP contribution >= 0.6 is 0 Å². The van der Waals surface area contributed by atoms with Gasteiger partial charge in [0.2, 0.25) is 11.8 Å². The summed E-state index contributed by atoms with van der Waals surface area (Å²) in [6, 6.07) is 5.23. The Kier molecular flexibility index (Phi) is 5.08. The smallest absolute Gasteiger partial charge is 0.245 e. The number of amides is 2. The fourth-order valence-electron chi connectivity index (χ4n) is 3.02. The molecular weight excluding hydrogens is 318 g/mol. The van der Waals surface area contributed by atoms with Gasteiger partial charge in [0.25, 0.3) is 0 Å². The topological polar surface area (TPSA) is 94.2 Å². The lowest BCUT2D eigenvalue weighted by Gasteiger charge is -2.20. The van der Waals surface area contributed by atoms with Gasteiger partial charge in [-0.25, -0.2) is 0 Å². The number of aromatic nitrogens is 1. The van der Waals surface area contributed by atoms with Crippen LogP contribution in [0, 0.1) is 12.8 Å². The second-order valence-corrected chi connectivity index (χ2v) is 6.85. The van der Waals surface area contributed by atoms with Crippen LogP contribution in [0.2, 0.25) is 0 Å². The highest BCUT2D eigenvalue weighted by Gasteiger charge is 2.34. The normalized spacial score (nSPS) is 16.4. The first kappa shape index (κ1) is 17.5. The summed E-state index contributed by atoms with van der Waals surface area (Å²) < 4.78 is 0. The summed E-state index contributed by atoms with van der Waals surface area (Å²) in [4.78, 5) is 27.4. The number of aliphatic hydroxyl groups excluding tert-OH is 1. The molecule has 25 heavy (non-hydrogen) atoms. The molecule has 1 fully saturated rings. The zero-order valence-corrected chi connectivity index (χ0v) is 14.6. The van der Waals surface area contributed by atoms with Crippen molar-refractivity contribution in [2.75, 3.05) is 6.54 Å². The molecule has 4 N–H and O–H groups in total. The first-order chi connectivity index (χ1) is 12.0. The van der Waals surface area contributed by atoms with E-state index in [2.05, 4.69) is 34.7 Å². The molecule has 1 aromatic heterocycles. The second kappa shape index (κ2) is 7.27. The minimum Gasteiger partial charge on any atom is -0.391 e. The maximum Gasteiger partial charge on any atom is 0.245 e. The van der Waals surface area contributed by atoms with Crippen LogP contribution in [-0.4, -0.2) is 40.6 Å². The van der Waals surface area contributed by atoms with E-state index in [1.54, 1.807) is 0 Å². The Morgan fingerprint density at radius 2 is 2.12 bits per heavy atom. The summed E-state index contributed by atoms with van der Waals surface area (Å²) in [6.07, 6.45) is 3.43. The first-order valence-electron chi connectivity index (χ1n) is 8.79. The van der Waals surface area contributed by atoms with Crippen molar-refractivity contribution in [1.29, 1.82) is 0 Å². The van der Waals surface area contributed by atoms with Crippen LogP contribution in [0.4, 0.5) is 0 Å². The van der Waals surface area contributed by atoms with Gasteiger partial charge >= 0.3 is 0 Å². The zero-order chi connectivity index (χ0) is 18.0. The third-order valence-electron chi connectivity index (χ3n) is 4.71. The summed E-state index contributed by atoms with van der Waals surface area (Å²) in [6.45, 7) is 4.02. The molecule has 2 amide bonds. The Labute approximate surface area is 147 Å². The average Bonchev–Trinajstić information content (AvgIpc) is 3.34. The highest BCUT2D eigenvalue weighted by molar-refractivity contribution is 5.90. The third kappa shape index (κ3) is 4.02. The van der Waals surface area contributed by atoms with Crippen LogP contribution in [0.25, 0.3) is 10.9 Å². The number of aliphatic hydroxyl groups is 1. The molecule has 0 saturated heterocycles. The number of carbonyl (C=O) groups is 2. The van der Waals surface area contributed by atoms with E-state index < -0.39 is 12.1 Å². The van der Waals surface area contributed by atoms with E-state index in [4.69, 9.17) is 0 Å². The molecule has 1 heterocycles. The number of aromatic amines is 1. The maximum absolute atomic E-state index is 12.3. The standard InChI is InChI=1S/C19H25N3O3/c1-11-4-3-5-15-14(10-21-16(11)15)8-9-20-19(25)17(12(2)23)22-18(24)13-6-7-13/h3-5,10,12-13,17,21,23H,6-9H2,1-2H3,(H,20,25)(H,22,24). The average molecular weight is 343 g/mol. The number of rotatable bonds is 7. The van der Waals surface area contributed by atoms with Gasteiger partial charge < -0.3 is 20.7 Å². The highest BCUT2D eigenvalue weighted by Crippen LogP contribution is 2.29. The Hall–Kier alpha value is -2.34. The molecular formula is C19H25N3O3. The Bertz CT molecular complexity index is 777. The van der Waals surface area contributed by atoms with Gasteiger partial charge in [0.05, 0.1) is 6.10 Å². The number of carbonyl (C=O) groups excluding carboxylic acids is 2. The van der Waals surface area contributed by atoms with E-state index in [9.17, 15) is 14.7 Å². The van der Waals surface area contributed by atoms with Crippen molar-refractivity contribution >= 4 is 22.7 Å². The quantitative estimate of drug-likeness (QED) is 0.612. The van der Waals surface area contributed by atoms with E-state index in [0.717, 1.165) is 29.3 Å². The summed E-state index contributed by atoms with van der Waals surface area (Å²) >= 11 is 0. The summed E-state index contributed by atoms with van der Waals surface area (Å²) in [5.74, 6) is -0.489. The second-order valence-electron chi connectivity index (χ2n) is 6.85. The molecule has 6 nitrogen and oxygen atoms in total. The van der Waals surface area contributed by atoms with E-state index in [-0.39, 0.29) is 17.7 Å². The SMILES string of the molecule is Cc1cccc2c(CCNC(=O)C(NC(=O)C3CC3)C(C)O)c[nH]c12. The molecule has 2 unspecified atom stereocenters. The summed E-state index contributed by atoms with van der Waals surface area (Å²) in [5, 5.41) is 16.4. The molecule has 1 aliphatic carbocycles. The van der Waals surface area contributed by atoms with Gasteiger partial charge in [-0.15, -0.1) is 0 Å². The van der Waals surface area contributed by atoms with Gasteiger partial charge in [-0.2, -0.15) is 0 Å². The number of fused-ring (bicyclic) bond motifs is 1. The molecule has 3 rings (SSSR count). The fourth-order valence-corrected chi connectivity index (χ4v) is 3.02. The number of aryl methyl sites for hydroxylation is 1. The lowest BCUT2D eigenvalue weighted by molar-refractivity contribution is -0.132. The largest absolute Gasteiger partial charge is 0.391 e. The van der Waals surface area contributed by atoms with Gasteiger partial charge in [-0.1, -0.05) is 18.2 Å². The van der Waals surface area contributed by atoms with Crippen LogP contribution in [-0.2, 0) is 16.0 Å². The molecule has 2 aromatic rings. The molecule has 1 aromatic carbocycles. The molecule has 0 spiro atoms. The van der Waals surface area contributed by atoms with Crippen LogP contribution in [0.15, 0.2) is 24.4 Å². The molecule has 2 atom stereocenters. The number of nitrogens with one attached hydrogen (secondary N) is 3. The lowest BCUT2D eigenvalue weighted by Crippen LogP contribution is -2.53. The van der Waals surface area contributed by atoms with E-state index >= 15 is 0 Å². The number of H-pyrrole nitrogens is 1. The van der Waals surface area contributed by atoms with Crippen molar-refractivity contribution in [2.24, 2.45) is 5.92 Å². The van der Waals surface area contributed by atoms with Crippen molar-refractivity contribution in [3.05, 3.63) is 35.5 Å². The van der Waals surface area contributed by atoms with Crippen LogP contribution < -0.4 is 10.6 Å². The first-order valence-corrected chi connectivity index (χ1v) is 8.79. The lowest BCUT2D eigenvalue weighted by atomic mass is 10.1. The van der Waals surface area contributed by atoms with Gasteiger partial charge in [0, 0.05) is 29.6 Å². The molecule has 0 radical (unpaired) electrons. The number of benzene rings is 1. The monoisotopic (exact) mass is 343 g/mol. The van der Waals surface area contributed by atoms with E-state index in [0.29, 0.717) is 13.0 Å². The Morgan fingerprint density at radius 3 is 2.80 bits per heavy atom. The van der Waals surface area contributed by atoms with Crippen LogP contribution in [0.5, 0.6) is 0 Å². The zero-order valence-electron chi connectivity index (χ0n) is 14.6. The fraction of sp³-hybridized carbons (Fsp3) is 0.474. The van der Waals surface area contributed by atoms with Crippen molar-refractivity contribution in [3.8, 4) is 0 Å². The minimum absolute atomic E-state index is 0.00325. The Balaban J connectivity index is 1.56. The van der Waals surface area contributed by atoms with Crippen molar-refractivity contribution in [1.82, 2.24) is 15.6 Å². The van der Waals surface area contributed by atoms with E-state index in [1.165, 1.54) is 12.5 Å². The molecule has 1 aliphatic rings. The molecule has 6 heteroatoms. The van der Waals surface area contributed by atoms with Crippen molar-refractivity contribution < 1.29 is 14.7 Å². The third-order valence-corrected chi connectivity index (χ3v) is 4.71. The highest BCUT2D eigenvalue weighted by atomic mass is 16.3. The molecule has 134 valence electrons. The van der Waals surface area contributed by atoms with Gasteiger partial charge in [0.15, 0.2) is 0 Å². The number of hydrogen-bond acceptors (Lipinski definition) is 3. The summed E-state index contributed by atoms with van der Waals surface area (Å²) in [7, 11) is 0. The van der Waals surface area contributed by atoms with Crippen LogP contribution in [0.3, 0.4) is 0 Å². The molecule has 0 aliphatic heterocycles. The minimum atomic E-state index is -0.932. The van der Waals surface area contributed by atoms with Crippen molar-refractivity contribution in [3.63, 3.8) is 0 Å². The predicted molar refractivity (Wildman–Crippen MR) is 96.1 cm³/mol. The Morgan fingerprint density at radius 1 is 1.36 bits per heavy atom. The summed E-state index contributed by atoms with van der Waals surface area (Å²) in [5.41, 5.74) is 3.43. The molecule has 0 bridgehead atoms. The van der Waals surface area contributed by atoms with Gasteiger partial charge in [-0.3, -0.25) is 9.59 Å². The van der Waals surface area contributed by atoms with Gasteiger partial charge in [-0.05, 0) is 44.2 Å².